The van der Waals surface area contributed by atoms with Crippen LogP contribution >= 0.6 is 7.60 Å². The van der Waals surface area contributed by atoms with E-state index < -0.39 is 31.5 Å². The molecule has 45 heavy (non-hydrogen) atoms. The molecule has 3 aromatic rings. The number of methoxy groups -OCH3 is 1. The second-order valence-electron chi connectivity index (χ2n) is 10.9. The molecule has 0 radical (unpaired) electrons. The van der Waals surface area contributed by atoms with E-state index >= 15 is 0 Å². The van der Waals surface area contributed by atoms with E-state index in [1.165, 1.54) is 28.0 Å². The first-order valence-electron chi connectivity index (χ1n) is 14.5. The zero-order valence-electron chi connectivity index (χ0n) is 24.7. The number of hydrogen-bond acceptors (Lipinski definition) is 8. The van der Waals surface area contributed by atoms with Crippen molar-refractivity contribution >= 4 is 36.6 Å². The molecule has 0 bridgehead atoms. The number of piperazine rings is 1. The van der Waals surface area contributed by atoms with Crippen LogP contribution in [-0.4, -0.2) is 111 Å². The van der Waals surface area contributed by atoms with Crippen LogP contribution in [0.4, 0.5) is 10.6 Å². The van der Waals surface area contributed by atoms with Gasteiger partial charge in [-0.05, 0) is 24.1 Å². The number of hydrogen-bond donors (Lipinski definition) is 4. The molecule has 2 atom stereocenters. The van der Waals surface area contributed by atoms with E-state index in [1.54, 1.807) is 19.2 Å². The van der Waals surface area contributed by atoms with Crippen molar-refractivity contribution in [2.24, 2.45) is 0 Å². The van der Waals surface area contributed by atoms with E-state index in [2.05, 4.69) is 10.3 Å². The number of rotatable bonds is 9. The summed E-state index contributed by atoms with van der Waals surface area (Å²) in [5, 5.41) is 11.9. The summed E-state index contributed by atoms with van der Waals surface area (Å²) in [5.41, 5.74) is 1.17. The lowest BCUT2D eigenvalue weighted by atomic mass is 10.0. The van der Waals surface area contributed by atoms with Crippen LogP contribution in [0.5, 0.6) is 0 Å². The molecule has 0 unspecified atom stereocenters. The topological polar surface area (TPSA) is 186 Å². The molecule has 1 aromatic heterocycles. The second kappa shape index (κ2) is 13.7. The van der Waals surface area contributed by atoms with Crippen molar-refractivity contribution in [3.8, 4) is 11.4 Å². The van der Waals surface area contributed by atoms with Crippen molar-refractivity contribution in [2.45, 2.75) is 25.0 Å². The lowest BCUT2D eigenvalue weighted by Gasteiger charge is -2.35. The summed E-state index contributed by atoms with van der Waals surface area (Å²) in [6, 6.07) is 15.3. The van der Waals surface area contributed by atoms with Crippen molar-refractivity contribution in [2.75, 3.05) is 51.3 Å². The lowest BCUT2D eigenvalue weighted by Crippen LogP contribution is -2.56. The number of nitrogens with one attached hydrogen (secondary N) is 1. The normalized spacial score (nSPS) is 17.7. The Morgan fingerprint density at radius 2 is 1.69 bits per heavy atom. The molecule has 4 N–H and O–H groups in total. The summed E-state index contributed by atoms with van der Waals surface area (Å²) >= 11 is 0. The second-order valence-corrected chi connectivity index (χ2v) is 12.5. The molecule has 5 rings (SSSR count). The van der Waals surface area contributed by atoms with Crippen molar-refractivity contribution < 1.29 is 38.6 Å². The van der Waals surface area contributed by atoms with Crippen LogP contribution in [0.3, 0.4) is 0 Å². The maximum atomic E-state index is 13.8. The molecule has 2 saturated heterocycles. The van der Waals surface area contributed by atoms with E-state index in [0.717, 1.165) is 6.42 Å². The molecule has 15 heteroatoms. The number of carboxylic acid groups (broad SMARTS) is 1. The third-order valence-corrected chi connectivity index (χ3v) is 8.88. The monoisotopic (exact) mass is 638 g/mol. The quantitative estimate of drug-likeness (QED) is 0.248. The van der Waals surface area contributed by atoms with E-state index in [4.69, 9.17) is 9.72 Å². The zero-order chi connectivity index (χ0) is 32.1. The number of aromatic nitrogens is 2. The molecule has 2 aliphatic rings. The van der Waals surface area contributed by atoms with Gasteiger partial charge < -0.3 is 39.6 Å². The molecule has 3 amide bonds. The Morgan fingerprint density at radius 3 is 2.33 bits per heavy atom. The number of carbonyl (C=O) groups is 3. The molecule has 0 saturated carbocycles. The first kappa shape index (κ1) is 32.0. The highest BCUT2D eigenvalue weighted by Gasteiger charge is 2.32. The average Bonchev–Trinajstić information content (AvgIpc) is 3.54. The highest BCUT2D eigenvalue weighted by Crippen LogP contribution is 2.33. The largest absolute Gasteiger partial charge is 0.465 e. The van der Waals surface area contributed by atoms with Gasteiger partial charge in [0.25, 0.3) is 5.91 Å². The Morgan fingerprint density at radius 1 is 0.978 bits per heavy atom. The first-order valence-corrected chi connectivity index (χ1v) is 16.1. The minimum Gasteiger partial charge on any atom is -0.465 e. The van der Waals surface area contributed by atoms with Gasteiger partial charge in [0.2, 0.25) is 5.91 Å². The van der Waals surface area contributed by atoms with Gasteiger partial charge >= 0.3 is 13.7 Å². The van der Waals surface area contributed by atoms with Gasteiger partial charge in [0.05, 0.1) is 11.4 Å². The van der Waals surface area contributed by atoms with E-state index in [9.17, 15) is 33.8 Å². The number of amides is 3. The van der Waals surface area contributed by atoms with Gasteiger partial charge in [-0.2, -0.15) is 0 Å². The fourth-order valence-corrected chi connectivity index (χ4v) is 6.04. The molecule has 238 valence electrons. The third kappa shape index (κ3) is 7.84. The summed E-state index contributed by atoms with van der Waals surface area (Å²) in [5.74, 6) is -0.210. The highest BCUT2D eigenvalue weighted by molar-refractivity contribution is 7.60. The molecule has 14 nitrogen and oxygen atoms in total. The lowest BCUT2D eigenvalue weighted by molar-refractivity contribution is -0.134. The maximum absolute atomic E-state index is 13.8. The Hall–Kier alpha value is -4.36. The smallest absolute Gasteiger partial charge is 0.407 e. The number of nitrogens with zero attached hydrogens (tertiary/aromatic N) is 5. The molecule has 3 heterocycles. The van der Waals surface area contributed by atoms with E-state index in [-0.39, 0.29) is 49.7 Å². The molecule has 0 aliphatic carbocycles. The van der Waals surface area contributed by atoms with Crippen molar-refractivity contribution in [3.05, 3.63) is 71.9 Å². The van der Waals surface area contributed by atoms with E-state index in [1.807, 2.05) is 35.2 Å². The predicted molar refractivity (Wildman–Crippen MR) is 164 cm³/mol. The first-order chi connectivity index (χ1) is 21.5. The van der Waals surface area contributed by atoms with Crippen molar-refractivity contribution in [1.29, 1.82) is 0 Å². The van der Waals surface area contributed by atoms with Crippen LogP contribution in [-0.2, 0) is 20.5 Å². The molecule has 2 fully saturated rings. The average molecular weight is 639 g/mol. The molecular weight excluding hydrogens is 603 g/mol. The summed E-state index contributed by atoms with van der Waals surface area (Å²) < 4.78 is 17.4. The van der Waals surface area contributed by atoms with Crippen LogP contribution in [0.1, 0.15) is 22.5 Å². The van der Waals surface area contributed by atoms with Gasteiger partial charge in [0, 0.05) is 64.4 Å². The predicted octanol–water partition coefficient (Wildman–Crippen LogP) is 1.34. The minimum absolute atomic E-state index is 0.0184. The summed E-state index contributed by atoms with van der Waals surface area (Å²) in [4.78, 5) is 72.4. The van der Waals surface area contributed by atoms with Gasteiger partial charge in [0.1, 0.15) is 17.6 Å². The molecule has 0 spiro atoms. The number of benzene rings is 2. The zero-order valence-corrected chi connectivity index (χ0v) is 25.5. The van der Waals surface area contributed by atoms with Crippen LogP contribution < -0.4 is 15.5 Å². The Bertz CT molecular complexity index is 1590. The Balaban J connectivity index is 1.45. The SMILES string of the molecule is CO[C@H]1CCN(c2cc(C(=O)N[C@@H](Cc3cccc(P(=O)(O)O)c3)C(=O)N3CCN(C(=O)O)CC3)nc(-c3ccccc3)n2)C1. The number of anilines is 1. The summed E-state index contributed by atoms with van der Waals surface area (Å²) in [7, 11) is -2.91. The molecular formula is C30H35N6O8P. The van der Waals surface area contributed by atoms with Crippen molar-refractivity contribution in [1.82, 2.24) is 25.1 Å². The molecule has 2 aliphatic heterocycles. The van der Waals surface area contributed by atoms with Crippen LogP contribution in [0.25, 0.3) is 11.4 Å². The van der Waals surface area contributed by atoms with Gasteiger partial charge in [-0.25, -0.2) is 14.8 Å². The van der Waals surface area contributed by atoms with Gasteiger partial charge in [-0.3, -0.25) is 14.2 Å². The summed E-state index contributed by atoms with van der Waals surface area (Å²) in [6.07, 6.45) is -0.333. The van der Waals surface area contributed by atoms with Crippen LogP contribution in [0.2, 0.25) is 0 Å². The standard InChI is InChI=1S/C30H35N6O8P/c1-44-22-10-11-36(19-22)26-18-24(31-27(33-26)21-7-3-2-4-8-21)28(37)32-25(17-20-6-5-9-23(16-20)45(41,42)43)29(38)34-12-14-35(15-13-34)30(39)40/h2-9,16,18,22,25H,10-15,17,19H2,1H3,(H,32,37)(H,39,40)(H2,41,42,43)/t22-,25-/m0/s1. The minimum atomic E-state index is -4.56. The van der Waals surface area contributed by atoms with Crippen LogP contribution in [0.15, 0.2) is 60.7 Å². The van der Waals surface area contributed by atoms with Gasteiger partial charge in [-0.1, -0.05) is 42.5 Å². The Labute approximate surface area is 259 Å². The highest BCUT2D eigenvalue weighted by atomic mass is 31.2. The fourth-order valence-electron chi connectivity index (χ4n) is 5.43. The summed E-state index contributed by atoms with van der Waals surface area (Å²) in [6.45, 7) is 1.75. The Kier molecular flexibility index (Phi) is 9.78. The van der Waals surface area contributed by atoms with Gasteiger partial charge in [0.15, 0.2) is 5.82 Å². The maximum Gasteiger partial charge on any atom is 0.407 e. The van der Waals surface area contributed by atoms with E-state index in [0.29, 0.717) is 35.9 Å². The third-order valence-electron chi connectivity index (χ3n) is 7.93. The van der Waals surface area contributed by atoms with Crippen molar-refractivity contribution in [3.63, 3.8) is 0 Å². The molecule has 2 aromatic carbocycles. The fraction of sp³-hybridized carbons (Fsp3) is 0.367. The van der Waals surface area contributed by atoms with Crippen LogP contribution in [0, 0.1) is 0 Å². The number of carbonyl (C=O) groups excluding carboxylic acids is 2. The number of ether oxygens (including phenoxy) is 1. The van der Waals surface area contributed by atoms with Gasteiger partial charge in [-0.15, -0.1) is 0 Å².